The number of carbonyl (C=O) groups is 1. The van der Waals surface area contributed by atoms with E-state index in [1.807, 2.05) is 42.5 Å². The van der Waals surface area contributed by atoms with E-state index in [4.69, 9.17) is 14.5 Å². The zero-order valence-electron chi connectivity index (χ0n) is 20.8. The minimum atomic E-state index is -0.865. The molecule has 0 radical (unpaired) electrons. The molecule has 0 fully saturated rings. The smallest absolute Gasteiger partial charge is 0.338 e. The summed E-state index contributed by atoms with van der Waals surface area (Å²) in [5.41, 5.74) is 2.34. The maximum absolute atomic E-state index is 14.0. The van der Waals surface area contributed by atoms with E-state index in [-0.39, 0.29) is 17.7 Å². The summed E-state index contributed by atoms with van der Waals surface area (Å²) in [6.45, 7) is 1.87. The first-order valence-electron chi connectivity index (χ1n) is 11.9. The third-order valence-electron chi connectivity index (χ3n) is 6.09. The van der Waals surface area contributed by atoms with Crippen LogP contribution >= 0.6 is 56.5 Å². The van der Waals surface area contributed by atoms with Gasteiger partial charge in [-0.1, -0.05) is 53.8 Å². The van der Waals surface area contributed by atoms with Crippen LogP contribution in [0, 0.1) is 13.0 Å². The maximum Gasteiger partial charge on any atom is 0.338 e. The number of halogens is 3. The molecule has 5 rings (SSSR count). The Hall–Kier alpha value is -2.84. The van der Waals surface area contributed by atoms with Gasteiger partial charge < -0.3 is 9.47 Å². The summed E-state index contributed by atoms with van der Waals surface area (Å²) >= 11 is 5.65. The lowest BCUT2D eigenvalue weighted by Gasteiger charge is -2.25. The van der Waals surface area contributed by atoms with Gasteiger partial charge >= 0.3 is 5.97 Å². The van der Waals surface area contributed by atoms with E-state index >= 15 is 0 Å². The topological polar surface area (TPSA) is 69.9 Å². The molecule has 0 amide bonds. The van der Waals surface area contributed by atoms with Crippen LogP contribution in [0.15, 0.2) is 82.1 Å². The van der Waals surface area contributed by atoms with Crippen LogP contribution < -0.4 is 19.6 Å². The lowest BCUT2D eigenvalue weighted by atomic mass is 9.93. The van der Waals surface area contributed by atoms with Gasteiger partial charge in [-0.05, 0) is 88.0 Å². The number of esters is 1. The summed E-state index contributed by atoms with van der Waals surface area (Å²) in [5.74, 6) is -0.344. The van der Waals surface area contributed by atoms with Crippen LogP contribution in [0.2, 0.25) is 0 Å². The minimum Gasteiger partial charge on any atom is -0.495 e. The number of carbonyl (C=O) groups excluding carboxylic acids is 1. The standard InChI is InChI=1S/C29H21FI2N2O4S/c1-3-38-28(36)23-24(16-7-5-4-6-8-16)33-29-34(25(23)17-9-11-19(30)12-10-17)27(35)22(39-29)14-18-13-20(31)15-21(32)26(18)37-2/h4-15,25H,3H2,1-2H3/b22-14-/t25-/m0/s1. The van der Waals surface area contributed by atoms with Crippen LogP contribution in [-0.4, -0.2) is 24.3 Å². The van der Waals surface area contributed by atoms with Gasteiger partial charge in [-0.3, -0.25) is 9.36 Å². The first kappa shape index (κ1) is 27.7. The molecule has 0 unspecified atom stereocenters. The van der Waals surface area contributed by atoms with Crippen LogP contribution in [0.1, 0.15) is 29.7 Å². The Balaban J connectivity index is 1.84. The van der Waals surface area contributed by atoms with Gasteiger partial charge in [-0.25, -0.2) is 14.2 Å². The number of ether oxygens (including phenoxy) is 2. The van der Waals surface area contributed by atoms with Gasteiger partial charge in [0.1, 0.15) is 11.6 Å². The van der Waals surface area contributed by atoms with Crippen molar-refractivity contribution in [2.24, 2.45) is 4.99 Å². The fourth-order valence-corrected chi connectivity index (χ4v) is 7.55. The maximum atomic E-state index is 14.0. The summed E-state index contributed by atoms with van der Waals surface area (Å²) in [4.78, 5) is 32.7. The molecule has 0 spiro atoms. The number of methoxy groups -OCH3 is 1. The van der Waals surface area contributed by atoms with E-state index in [9.17, 15) is 14.0 Å². The zero-order chi connectivity index (χ0) is 27.7. The summed E-state index contributed by atoms with van der Waals surface area (Å²) in [5, 5.41) is 0. The van der Waals surface area contributed by atoms with Gasteiger partial charge in [0.2, 0.25) is 0 Å². The third kappa shape index (κ3) is 5.46. The molecule has 1 aliphatic rings. The molecule has 3 aromatic carbocycles. The predicted octanol–water partition coefficient (Wildman–Crippen LogP) is 5.29. The molecule has 4 aromatic rings. The molecule has 198 valence electrons. The highest BCUT2D eigenvalue weighted by atomic mass is 127. The third-order valence-corrected chi connectivity index (χ3v) is 8.49. The van der Waals surface area contributed by atoms with Gasteiger partial charge in [-0.2, -0.15) is 0 Å². The number of nitrogens with zero attached hydrogens (tertiary/aromatic N) is 2. The second-order valence-electron chi connectivity index (χ2n) is 8.49. The summed E-state index contributed by atoms with van der Waals surface area (Å²) in [6, 6.07) is 18.1. The predicted molar refractivity (Wildman–Crippen MR) is 166 cm³/mol. The SMILES string of the molecule is CCOC(=O)C1=C(c2ccccc2)N=c2s/c(=C\c3cc(I)cc(I)c3OC)c(=O)n2[C@H]1c1ccc(F)cc1. The highest BCUT2D eigenvalue weighted by molar-refractivity contribution is 14.1. The highest BCUT2D eigenvalue weighted by Gasteiger charge is 2.35. The van der Waals surface area contributed by atoms with E-state index in [1.54, 1.807) is 32.2 Å². The van der Waals surface area contributed by atoms with E-state index in [0.717, 1.165) is 12.7 Å². The molecule has 0 bridgehead atoms. The molecule has 10 heteroatoms. The minimum absolute atomic E-state index is 0.149. The lowest BCUT2D eigenvalue weighted by Crippen LogP contribution is -2.40. The van der Waals surface area contributed by atoms with Crippen molar-refractivity contribution in [2.45, 2.75) is 13.0 Å². The zero-order valence-corrected chi connectivity index (χ0v) is 25.9. The highest BCUT2D eigenvalue weighted by Crippen LogP contribution is 2.35. The summed E-state index contributed by atoms with van der Waals surface area (Å²) < 4.78 is 28.8. The first-order valence-corrected chi connectivity index (χ1v) is 14.9. The number of hydrogen-bond acceptors (Lipinski definition) is 6. The fourth-order valence-electron chi connectivity index (χ4n) is 4.44. The molecule has 6 nitrogen and oxygen atoms in total. The van der Waals surface area contributed by atoms with Crippen molar-refractivity contribution in [3.8, 4) is 5.75 Å². The molecule has 1 atom stereocenters. The Kier molecular flexibility index (Phi) is 8.33. The number of fused-ring (bicyclic) bond motifs is 1. The molecule has 0 N–H and O–H groups in total. The number of aromatic nitrogens is 1. The summed E-state index contributed by atoms with van der Waals surface area (Å²) in [7, 11) is 1.59. The van der Waals surface area contributed by atoms with Crippen molar-refractivity contribution in [1.29, 1.82) is 0 Å². The normalized spacial score (nSPS) is 15.1. The molecule has 39 heavy (non-hydrogen) atoms. The molecular weight excluding hydrogens is 745 g/mol. The molecule has 0 saturated heterocycles. The van der Waals surface area contributed by atoms with E-state index in [0.29, 0.717) is 31.9 Å². The van der Waals surface area contributed by atoms with E-state index < -0.39 is 17.8 Å². The van der Waals surface area contributed by atoms with Crippen LogP contribution in [-0.2, 0) is 9.53 Å². The lowest BCUT2D eigenvalue weighted by molar-refractivity contribution is -0.138. The number of rotatable bonds is 6. The Morgan fingerprint density at radius 2 is 1.85 bits per heavy atom. The quantitative estimate of drug-likeness (QED) is 0.198. The first-order chi connectivity index (χ1) is 18.8. The Morgan fingerprint density at radius 1 is 1.13 bits per heavy atom. The van der Waals surface area contributed by atoms with Crippen molar-refractivity contribution in [3.63, 3.8) is 0 Å². The van der Waals surface area contributed by atoms with Crippen LogP contribution in [0.25, 0.3) is 11.8 Å². The number of benzene rings is 3. The second-order valence-corrected chi connectivity index (χ2v) is 11.9. The van der Waals surface area contributed by atoms with Gasteiger partial charge in [-0.15, -0.1) is 0 Å². The Morgan fingerprint density at radius 3 is 2.51 bits per heavy atom. The van der Waals surface area contributed by atoms with Crippen LogP contribution in [0.5, 0.6) is 5.75 Å². The molecule has 0 saturated carbocycles. The number of thiazole rings is 1. The van der Waals surface area contributed by atoms with Crippen molar-refractivity contribution in [3.05, 3.63) is 122 Å². The van der Waals surface area contributed by atoms with Gasteiger partial charge in [0, 0.05) is 14.7 Å². The molecule has 1 aromatic heterocycles. The van der Waals surface area contributed by atoms with Gasteiger partial charge in [0.05, 0.1) is 39.1 Å². The second kappa shape index (κ2) is 11.7. The van der Waals surface area contributed by atoms with Gasteiger partial charge in [0.15, 0.2) is 4.80 Å². The molecule has 1 aliphatic heterocycles. The fraction of sp³-hybridized carbons (Fsp3) is 0.138. The van der Waals surface area contributed by atoms with Crippen molar-refractivity contribution >= 4 is 74.3 Å². The van der Waals surface area contributed by atoms with Crippen molar-refractivity contribution in [1.82, 2.24) is 4.57 Å². The van der Waals surface area contributed by atoms with Crippen molar-refractivity contribution in [2.75, 3.05) is 13.7 Å². The van der Waals surface area contributed by atoms with Gasteiger partial charge in [0.25, 0.3) is 5.56 Å². The Labute approximate surface area is 254 Å². The molecule has 0 aliphatic carbocycles. The van der Waals surface area contributed by atoms with E-state index in [2.05, 4.69) is 45.2 Å². The molecular formula is C29H21FI2N2O4S. The monoisotopic (exact) mass is 766 g/mol. The van der Waals surface area contributed by atoms with E-state index in [1.165, 1.54) is 28.0 Å². The van der Waals surface area contributed by atoms with Crippen molar-refractivity contribution < 1.29 is 18.7 Å². The average molecular weight is 766 g/mol. The average Bonchev–Trinajstić information content (AvgIpc) is 3.23. The molecule has 2 heterocycles. The van der Waals surface area contributed by atoms with Crippen LogP contribution in [0.4, 0.5) is 4.39 Å². The largest absolute Gasteiger partial charge is 0.495 e. The van der Waals surface area contributed by atoms with Crippen LogP contribution in [0.3, 0.4) is 0 Å². The Bertz CT molecular complexity index is 1780. The summed E-state index contributed by atoms with van der Waals surface area (Å²) in [6.07, 6.45) is 1.78. The number of hydrogen-bond donors (Lipinski definition) is 0.